The van der Waals surface area contributed by atoms with Gasteiger partial charge in [0.15, 0.2) is 0 Å². The Kier molecular flexibility index (Phi) is 8.39. The third kappa shape index (κ3) is 6.32. The zero-order chi connectivity index (χ0) is 10.9. The fourth-order valence-corrected chi connectivity index (χ4v) is 0.937. The van der Waals surface area contributed by atoms with Crippen LogP contribution in [0.2, 0.25) is 0 Å². The summed E-state index contributed by atoms with van der Waals surface area (Å²) in [5.41, 5.74) is 0. The number of benzene rings is 2. The first-order chi connectivity index (χ1) is 7.33. The second kappa shape index (κ2) is 9.06. The van der Waals surface area contributed by atoms with Crippen LogP contribution in [0.15, 0.2) is 60.7 Å². The number of rotatable bonds is 1. The van der Waals surface area contributed by atoms with Gasteiger partial charge in [0, 0.05) is 0 Å². The first-order valence-corrected chi connectivity index (χ1v) is 4.52. The van der Waals surface area contributed by atoms with E-state index in [9.17, 15) is 5.11 Å². The van der Waals surface area contributed by atoms with Crippen molar-refractivity contribution in [2.45, 2.75) is 0 Å². The third-order valence-electron chi connectivity index (χ3n) is 1.65. The van der Waals surface area contributed by atoms with Crippen molar-refractivity contribution in [2.75, 3.05) is 0 Å². The van der Waals surface area contributed by atoms with Crippen molar-refractivity contribution in [3.63, 3.8) is 0 Å². The van der Waals surface area contributed by atoms with Gasteiger partial charge in [-0.2, -0.15) is 7.11 Å². The summed E-state index contributed by atoms with van der Waals surface area (Å²) >= 11 is 0. The summed E-state index contributed by atoms with van der Waals surface area (Å²) in [6.45, 7) is 0. The van der Waals surface area contributed by atoms with Gasteiger partial charge in [-0.25, -0.2) is 0 Å². The van der Waals surface area contributed by atoms with Gasteiger partial charge in [-0.3, -0.25) is 0 Å². The molecule has 2 aromatic rings. The number of para-hydroxylation sites is 2. The molecule has 16 heavy (non-hydrogen) atoms. The molecule has 3 heteroatoms. The van der Waals surface area contributed by atoms with Gasteiger partial charge >= 0.3 is 23.1 Å². The van der Waals surface area contributed by atoms with Crippen LogP contribution in [0, 0.1) is 7.11 Å². The maximum absolute atomic E-state index is 10.3. The van der Waals surface area contributed by atoms with Gasteiger partial charge in [0.25, 0.3) is 0 Å². The summed E-state index contributed by atoms with van der Waals surface area (Å²) in [5, 5.41) is 10.3. The molecule has 2 aromatic carbocycles. The molecule has 0 unspecified atom stereocenters. The Bertz CT molecular complexity index is 362. The molecule has 0 fully saturated rings. The molecule has 0 aromatic heterocycles. The van der Waals surface area contributed by atoms with E-state index in [2.05, 4.69) is 11.8 Å². The fraction of sp³-hybridized carbons (Fsp3) is 0. The first kappa shape index (κ1) is 14.8. The molecule has 0 saturated heterocycles. The van der Waals surface area contributed by atoms with E-state index in [0.29, 0.717) is 0 Å². The Morgan fingerprint density at radius 3 is 1.50 bits per heavy atom. The van der Waals surface area contributed by atoms with Crippen molar-refractivity contribution < 1.29 is 9.84 Å². The molecule has 0 bridgehead atoms. The Hall–Kier alpha value is -1.19. The zero-order valence-electron chi connectivity index (χ0n) is 9.00. The fourth-order valence-electron chi connectivity index (χ4n) is 0.937. The van der Waals surface area contributed by atoms with Crippen LogP contribution >= 0.6 is 0 Å². The summed E-state index contributed by atoms with van der Waals surface area (Å²) in [6, 6.07) is 17.8. The van der Waals surface area contributed by atoms with E-state index in [4.69, 9.17) is 0 Å². The van der Waals surface area contributed by atoms with E-state index in [0.717, 1.165) is 5.75 Å². The van der Waals surface area contributed by atoms with E-state index in [1.165, 1.54) is 12.1 Å². The normalized spacial score (nSPS) is 8.06. The topological polar surface area (TPSA) is 32.3 Å². The van der Waals surface area contributed by atoms with Crippen LogP contribution in [0.3, 0.4) is 0 Å². The second-order valence-electron chi connectivity index (χ2n) is 2.77. The van der Waals surface area contributed by atoms with Crippen molar-refractivity contribution >= 4 is 23.1 Å². The van der Waals surface area contributed by atoms with Gasteiger partial charge in [-0.1, -0.05) is 48.5 Å². The Morgan fingerprint density at radius 2 is 1.25 bits per heavy atom. The molecule has 0 radical (unpaired) electrons. The summed E-state index contributed by atoms with van der Waals surface area (Å²) < 4.78 is 4.66. The van der Waals surface area contributed by atoms with Crippen molar-refractivity contribution in [3.05, 3.63) is 67.8 Å². The number of hydrogen-bond donors (Lipinski definition) is 0. The smallest absolute Gasteiger partial charge is 0.872 e. The monoisotopic (exact) mass is 224 g/mol. The Morgan fingerprint density at radius 1 is 0.812 bits per heavy atom. The average molecular weight is 225 g/mol. The standard InChI is InChI=1S/C7H7O.C6H6O.Mg/c1-8-7-5-3-2-4-6-7;7-6-4-2-1-3-5-6;/h2-6H,1H2;1-5,7H;/q-1;;+2/p-1. The maximum Gasteiger partial charge on any atom is 2.00 e. The molecule has 78 valence electrons. The molecule has 0 amide bonds. The van der Waals surface area contributed by atoms with Crippen molar-refractivity contribution in [1.29, 1.82) is 0 Å². The molecule has 0 spiro atoms. The van der Waals surface area contributed by atoms with E-state index in [1.807, 2.05) is 36.4 Å². The predicted molar refractivity (Wildman–Crippen MR) is 64.1 cm³/mol. The van der Waals surface area contributed by atoms with Gasteiger partial charge in [0.05, 0.1) is 5.75 Å². The Balaban J connectivity index is 0.000000267. The molecule has 0 N–H and O–H groups in total. The minimum Gasteiger partial charge on any atom is -0.872 e. The van der Waals surface area contributed by atoms with E-state index in [-0.39, 0.29) is 28.8 Å². The minimum atomic E-state index is 0. The maximum atomic E-state index is 10.3. The molecular formula is C13H12MgO2. The molecule has 0 aliphatic heterocycles. The molecule has 0 atom stereocenters. The largest absolute Gasteiger partial charge is 2.00 e. The van der Waals surface area contributed by atoms with E-state index < -0.39 is 0 Å². The van der Waals surface area contributed by atoms with Gasteiger partial charge < -0.3 is 9.84 Å². The molecular weight excluding hydrogens is 212 g/mol. The SMILES string of the molecule is [CH2-]Oc1ccccc1.[Mg+2].[O-]c1ccccc1. The van der Waals surface area contributed by atoms with Crippen LogP contribution in [0.4, 0.5) is 0 Å². The van der Waals surface area contributed by atoms with Crippen LogP contribution in [0.25, 0.3) is 0 Å². The van der Waals surface area contributed by atoms with Gasteiger partial charge in [-0.05, 0) is 12.1 Å². The summed E-state index contributed by atoms with van der Waals surface area (Å²) in [7, 11) is 3.26. The summed E-state index contributed by atoms with van der Waals surface area (Å²) in [4.78, 5) is 0. The quantitative estimate of drug-likeness (QED) is 0.550. The second-order valence-corrected chi connectivity index (χ2v) is 2.77. The zero-order valence-corrected chi connectivity index (χ0v) is 10.4. The van der Waals surface area contributed by atoms with E-state index in [1.54, 1.807) is 12.1 Å². The van der Waals surface area contributed by atoms with E-state index >= 15 is 0 Å². The molecule has 0 aliphatic carbocycles. The average Bonchev–Trinajstić information content (AvgIpc) is 2.32. The van der Waals surface area contributed by atoms with Crippen LogP contribution in [-0.2, 0) is 0 Å². The number of ether oxygens (including phenoxy) is 1. The minimum absolute atomic E-state index is 0. The van der Waals surface area contributed by atoms with Gasteiger partial charge in [-0.15, -0.1) is 5.75 Å². The van der Waals surface area contributed by atoms with Gasteiger partial charge in [0.2, 0.25) is 0 Å². The molecule has 2 nitrogen and oxygen atoms in total. The van der Waals surface area contributed by atoms with Crippen molar-refractivity contribution in [1.82, 2.24) is 0 Å². The number of hydrogen-bond acceptors (Lipinski definition) is 2. The molecule has 0 heterocycles. The summed E-state index contributed by atoms with van der Waals surface area (Å²) in [6.07, 6.45) is 0. The van der Waals surface area contributed by atoms with Crippen LogP contribution in [0.5, 0.6) is 11.5 Å². The molecule has 0 aliphatic rings. The first-order valence-electron chi connectivity index (χ1n) is 4.52. The predicted octanol–water partition coefficient (Wildman–Crippen LogP) is 2.24. The van der Waals surface area contributed by atoms with Crippen molar-refractivity contribution in [2.24, 2.45) is 0 Å². The van der Waals surface area contributed by atoms with Crippen LogP contribution < -0.4 is 9.84 Å². The van der Waals surface area contributed by atoms with Crippen LogP contribution in [0.1, 0.15) is 0 Å². The van der Waals surface area contributed by atoms with Gasteiger partial charge in [0.1, 0.15) is 0 Å². The Labute approximate surface area is 112 Å². The molecule has 0 saturated carbocycles. The van der Waals surface area contributed by atoms with Crippen LogP contribution in [-0.4, -0.2) is 23.1 Å². The molecule has 2 rings (SSSR count). The van der Waals surface area contributed by atoms with Crippen molar-refractivity contribution in [3.8, 4) is 11.5 Å². The third-order valence-corrected chi connectivity index (χ3v) is 1.65. The summed E-state index contributed by atoms with van der Waals surface area (Å²) in [5.74, 6) is 0.870.